The van der Waals surface area contributed by atoms with Crippen LogP contribution in [0.5, 0.6) is 0 Å². The van der Waals surface area contributed by atoms with Gasteiger partial charge in [-0.2, -0.15) is 0 Å². The molecule has 0 saturated heterocycles. The molecule has 2 N–H and O–H groups in total. The highest BCUT2D eigenvalue weighted by Crippen LogP contribution is 2.17. The molecule has 1 rings (SSSR count). The monoisotopic (exact) mass is 297 g/mol. The number of unbranched alkanes of at least 4 members (excludes halogenated alkanes) is 1. The first kappa shape index (κ1) is 16.8. The van der Waals surface area contributed by atoms with E-state index in [9.17, 15) is 4.79 Å². The topological polar surface area (TPSA) is 54.0 Å². The summed E-state index contributed by atoms with van der Waals surface area (Å²) >= 11 is 6.03. The van der Waals surface area contributed by atoms with Gasteiger partial charge in [-0.1, -0.05) is 44.7 Å². The average molecular weight is 298 g/mol. The maximum Gasteiger partial charge on any atom is 0.271 e. The summed E-state index contributed by atoms with van der Waals surface area (Å²) in [7, 11) is 1.76. The van der Waals surface area contributed by atoms with Gasteiger partial charge in [-0.25, -0.2) is 4.98 Å². The molecule has 0 spiro atoms. The van der Waals surface area contributed by atoms with Crippen molar-refractivity contribution in [3.63, 3.8) is 0 Å². The van der Waals surface area contributed by atoms with Crippen LogP contribution >= 0.6 is 11.6 Å². The van der Waals surface area contributed by atoms with E-state index in [0.29, 0.717) is 23.3 Å². The molecular formula is C15H24ClN3O. The van der Waals surface area contributed by atoms with E-state index in [2.05, 4.69) is 29.5 Å². The van der Waals surface area contributed by atoms with Gasteiger partial charge in [-0.15, -0.1) is 0 Å². The minimum Gasteiger partial charge on any atom is -0.373 e. The lowest BCUT2D eigenvalue weighted by molar-refractivity contribution is 0.0941. The molecule has 0 aromatic carbocycles. The second-order valence-electron chi connectivity index (χ2n) is 4.90. The summed E-state index contributed by atoms with van der Waals surface area (Å²) in [5, 5.41) is 6.22. The number of pyridine rings is 1. The zero-order valence-corrected chi connectivity index (χ0v) is 13.3. The molecule has 1 amide bonds. The molecule has 0 saturated carbocycles. The van der Waals surface area contributed by atoms with Crippen molar-refractivity contribution in [2.24, 2.45) is 5.92 Å². The molecule has 1 atom stereocenters. The molecule has 0 bridgehead atoms. The fourth-order valence-corrected chi connectivity index (χ4v) is 2.20. The fraction of sp³-hybridized carbons (Fsp3) is 0.600. The number of aromatic nitrogens is 1. The lowest BCUT2D eigenvalue weighted by Crippen LogP contribution is -2.30. The van der Waals surface area contributed by atoms with Crippen LogP contribution in [0.2, 0.25) is 5.02 Å². The van der Waals surface area contributed by atoms with Gasteiger partial charge in [0.15, 0.2) is 0 Å². The quantitative estimate of drug-likeness (QED) is 0.769. The summed E-state index contributed by atoms with van der Waals surface area (Å²) < 4.78 is 0. The van der Waals surface area contributed by atoms with Crippen LogP contribution in [-0.4, -0.2) is 24.5 Å². The molecule has 0 aliphatic rings. The molecule has 5 heteroatoms. The van der Waals surface area contributed by atoms with E-state index in [0.717, 1.165) is 12.8 Å². The van der Waals surface area contributed by atoms with Gasteiger partial charge in [0.05, 0.1) is 5.02 Å². The maximum absolute atomic E-state index is 12.1. The number of hydrogen-bond donors (Lipinski definition) is 2. The van der Waals surface area contributed by atoms with Gasteiger partial charge in [-0.05, 0) is 24.5 Å². The van der Waals surface area contributed by atoms with E-state index in [1.807, 2.05) is 0 Å². The van der Waals surface area contributed by atoms with Crippen LogP contribution in [0.1, 0.15) is 50.0 Å². The summed E-state index contributed by atoms with van der Waals surface area (Å²) in [5.74, 6) is 0.949. The Morgan fingerprint density at radius 2 is 2.15 bits per heavy atom. The van der Waals surface area contributed by atoms with Crippen LogP contribution in [0, 0.1) is 5.92 Å². The Hall–Kier alpha value is -1.29. The molecule has 1 unspecified atom stereocenters. The summed E-state index contributed by atoms with van der Waals surface area (Å²) in [6.07, 6.45) is 4.59. The standard InChI is InChI=1S/C15H24ClN3O/c1-4-6-7-11(5-2)10-18-15(20)14-12(16)8-9-13(17-3)19-14/h8-9,11H,4-7,10H2,1-3H3,(H,17,19)(H,18,20). The average Bonchev–Trinajstić information content (AvgIpc) is 2.47. The third-order valence-electron chi connectivity index (χ3n) is 3.41. The van der Waals surface area contributed by atoms with Crippen molar-refractivity contribution in [3.05, 3.63) is 22.8 Å². The molecule has 0 radical (unpaired) electrons. The Kier molecular flexibility index (Phi) is 7.37. The Labute approximate surface area is 126 Å². The Morgan fingerprint density at radius 1 is 1.40 bits per heavy atom. The number of nitrogens with zero attached hydrogens (tertiary/aromatic N) is 1. The lowest BCUT2D eigenvalue weighted by Gasteiger charge is -2.15. The van der Waals surface area contributed by atoms with E-state index in [-0.39, 0.29) is 11.6 Å². The molecule has 1 aromatic rings. The molecular weight excluding hydrogens is 274 g/mol. The number of carbonyl (C=O) groups excluding carboxylic acids is 1. The van der Waals surface area contributed by atoms with Gasteiger partial charge in [0.25, 0.3) is 5.91 Å². The number of rotatable bonds is 8. The Morgan fingerprint density at radius 3 is 2.75 bits per heavy atom. The highest BCUT2D eigenvalue weighted by atomic mass is 35.5. The number of amides is 1. The van der Waals surface area contributed by atoms with E-state index in [1.54, 1.807) is 19.2 Å². The van der Waals surface area contributed by atoms with E-state index in [4.69, 9.17) is 11.6 Å². The Bertz CT molecular complexity index is 437. The van der Waals surface area contributed by atoms with Gasteiger partial charge in [0.2, 0.25) is 0 Å². The molecule has 112 valence electrons. The Balaban J connectivity index is 2.61. The minimum atomic E-state index is -0.206. The number of carbonyl (C=O) groups is 1. The third-order valence-corrected chi connectivity index (χ3v) is 3.72. The third kappa shape index (κ3) is 5.00. The summed E-state index contributed by atoms with van der Waals surface area (Å²) in [6, 6.07) is 3.43. The van der Waals surface area contributed by atoms with E-state index >= 15 is 0 Å². The summed E-state index contributed by atoms with van der Waals surface area (Å²) in [5.41, 5.74) is 0.281. The second-order valence-corrected chi connectivity index (χ2v) is 5.31. The summed E-state index contributed by atoms with van der Waals surface area (Å²) in [4.78, 5) is 16.3. The van der Waals surface area contributed by atoms with Crippen molar-refractivity contribution in [2.45, 2.75) is 39.5 Å². The van der Waals surface area contributed by atoms with Gasteiger partial charge >= 0.3 is 0 Å². The predicted octanol–water partition coefficient (Wildman–Crippen LogP) is 3.72. The largest absolute Gasteiger partial charge is 0.373 e. The van der Waals surface area contributed by atoms with Crippen molar-refractivity contribution in [3.8, 4) is 0 Å². The van der Waals surface area contributed by atoms with Gasteiger partial charge in [0.1, 0.15) is 11.5 Å². The number of hydrogen-bond acceptors (Lipinski definition) is 3. The highest BCUT2D eigenvalue weighted by molar-refractivity contribution is 6.33. The van der Waals surface area contributed by atoms with Crippen LogP contribution in [0.25, 0.3) is 0 Å². The predicted molar refractivity (Wildman–Crippen MR) is 84.4 cm³/mol. The number of anilines is 1. The maximum atomic E-state index is 12.1. The molecule has 0 aliphatic carbocycles. The molecule has 1 aromatic heterocycles. The zero-order chi connectivity index (χ0) is 15.0. The van der Waals surface area contributed by atoms with Crippen LogP contribution in [0.15, 0.2) is 12.1 Å². The van der Waals surface area contributed by atoms with Crippen molar-refractivity contribution in [1.82, 2.24) is 10.3 Å². The summed E-state index contributed by atoms with van der Waals surface area (Å²) in [6.45, 7) is 5.01. The molecule has 0 aliphatic heterocycles. The van der Waals surface area contributed by atoms with Crippen molar-refractivity contribution in [2.75, 3.05) is 18.9 Å². The van der Waals surface area contributed by atoms with E-state index < -0.39 is 0 Å². The number of nitrogens with one attached hydrogen (secondary N) is 2. The normalized spacial score (nSPS) is 12.0. The van der Waals surface area contributed by atoms with E-state index in [1.165, 1.54) is 12.8 Å². The zero-order valence-electron chi connectivity index (χ0n) is 12.5. The molecule has 20 heavy (non-hydrogen) atoms. The highest BCUT2D eigenvalue weighted by Gasteiger charge is 2.14. The lowest BCUT2D eigenvalue weighted by atomic mass is 9.99. The first-order valence-electron chi connectivity index (χ1n) is 7.24. The molecule has 4 nitrogen and oxygen atoms in total. The molecule has 0 fully saturated rings. The van der Waals surface area contributed by atoms with Crippen LogP contribution < -0.4 is 10.6 Å². The second kappa shape index (κ2) is 8.80. The van der Waals surface area contributed by atoms with Crippen molar-refractivity contribution < 1.29 is 4.79 Å². The van der Waals surface area contributed by atoms with Gasteiger partial charge in [-0.3, -0.25) is 4.79 Å². The van der Waals surface area contributed by atoms with Gasteiger partial charge < -0.3 is 10.6 Å². The molecule has 1 heterocycles. The fourth-order valence-electron chi connectivity index (χ4n) is 2.00. The smallest absolute Gasteiger partial charge is 0.271 e. The van der Waals surface area contributed by atoms with Gasteiger partial charge in [0, 0.05) is 13.6 Å². The SMILES string of the molecule is CCCCC(CC)CNC(=O)c1nc(NC)ccc1Cl. The van der Waals surface area contributed by atoms with Crippen LogP contribution in [0.4, 0.5) is 5.82 Å². The van der Waals surface area contributed by atoms with Crippen LogP contribution in [0.3, 0.4) is 0 Å². The minimum absolute atomic E-state index is 0.206. The van der Waals surface area contributed by atoms with Crippen molar-refractivity contribution >= 4 is 23.3 Å². The first-order valence-corrected chi connectivity index (χ1v) is 7.62. The van der Waals surface area contributed by atoms with Crippen molar-refractivity contribution in [1.29, 1.82) is 0 Å². The number of halogens is 1. The first-order chi connectivity index (χ1) is 9.62. The van der Waals surface area contributed by atoms with Crippen LogP contribution in [-0.2, 0) is 0 Å².